The maximum atomic E-state index is 12.4. The highest BCUT2D eigenvalue weighted by Gasteiger charge is 2.13. The zero-order valence-electron chi connectivity index (χ0n) is 16.5. The Labute approximate surface area is 171 Å². The second-order valence-electron chi connectivity index (χ2n) is 7.13. The summed E-state index contributed by atoms with van der Waals surface area (Å²) >= 11 is 0. The molecule has 0 aliphatic carbocycles. The Morgan fingerprint density at radius 1 is 1.13 bits per heavy atom. The smallest absolute Gasteiger partial charge is 0.252 e. The van der Waals surface area contributed by atoms with Crippen molar-refractivity contribution < 1.29 is 4.79 Å². The number of anilines is 1. The molecule has 0 aromatic carbocycles. The molecule has 10 nitrogen and oxygen atoms in total. The average Bonchev–Trinajstić information content (AvgIpc) is 3.40. The topological polar surface area (TPSA) is 107 Å². The van der Waals surface area contributed by atoms with Gasteiger partial charge in [-0.15, -0.1) is 5.10 Å². The summed E-state index contributed by atoms with van der Waals surface area (Å²) in [6.45, 7) is 4.34. The van der Waals surface area contributed by atoms with Crippen LogP contribution in [0.5, 0.6) is 0 Å². The predicted octanol–water partition coefficient (Wildman–Crippen LogP) is 1.81. The number of nitrogens with one attached hydrogen (secondary N) is 1. The minimum Gasteiger partial charge on any atom is -0.323 e. The molecule has 5 aromatic rings. The first-order chi connectivity index (χ1) is 14.5. The number of amides is 1. The fourth-order valence-electron chi connectivity index (χ4n) is 3.38. The Hall–Kier alpha value is -4.08. The van der Waals surface area contributed by atoms with E-state index < -0.39 is 0 Å². The molecule has 0 atom stereocenters. The number of rotatable bonds is 5. The highest BCUT2D eigenvalue weighted by molar-refractivity contribution is 5.91. The molecule has 5 aromatic heterocycles. The Balaban J connectivity index is 1.25. The van der Waals surface area contributed by atoms with Crippen LogP contribution in [0.2, 0.25) is 0 Å². The summed E-state index contributed by atoms with van der Waals surface area (Å²) in [4.78, 5) is 25.7. The van der Waals surface area contributed by atoms with E-state index in [0.717, 1.165) is 22.7 Å². The normalized spacial score (nSPS) is 11.4. The molecule has 30 heavy (non-hydrogen) atoms. The van der Waals surface area contributed by atoms with Gasteiger partial charge >= 0.3 is 0 Å². The molecule has 10 heteroatoms. The van der Waals surface area contributed by atoms with Gasteiger partial charge < -0.3 is 9.72 Å². The molecule has 0 aliphatic rings. The molecule has 0 aliphatic heterocycles. The van der Waals surface area contributed by atoms with Gasteiger partial charge in [0.1, 0.15) is 5.65 Å². The van der Waals surface area contributed by atoms with Crippen molar-refractivity contribution in [3.8, 4) is 0 Å². The van der Waals surface area contributed by atoms with Crippen molar-refractivity contribution in [3.63, 3.8) is 0 Å². The SMILES string of the molecule is Cc1cc(C)n2nc(CC(=O)Nc3cnn(Cc4cn5ccccc5n4)c3)nc2n1. The standard InChI is InChI=1S/C20H19N9O/c1-13-7-14(2)29-20(22-13)25-17(26-29)8-19(30)24-15-9-21-28(11-15)12-16-10-27-6-4-3-5-18(27)23-16/h3-7,9-11H,8,12H2,1-2H3,(H,24,30). The second-order valence-corrected chi connectivity index (χ2v) is 7.13. The van der Waals surface area contributed by atoms with E-state index in [0.29, 0.717) is 23.8 Å². The van der Waals surface area contributed by atoms with Crippen LogP contribution in [0.1, 0.15) is 22.9 Å². The third kappa shape index (κ3) is 3.50. The number of hydrogen-bond acceptors (Lipinski definition) is 6. The van der Waals surface area contributed by atoms with Crippen LogP contribution >= 0.6 is 0 Å². The van der Waals surface area contributed by atoms with Crippen LogP contribution in [0.3, 0.4) is 0 Å². The van der Waals surface area contributed by atoms with Crippen molar-refractivity contribution in [1.82, 2.24) is 38.7 Å². The van der Waals surface area contributed by atoms with Crippen molar-refractivity contribution >= 4 is 23.0 Å². The van der Waals surface area contributed by atoms with Gasteiger partial charge in [-0.3, -0.25) is 9.48 Å². The Morgan fingerprint density at radius 2 is 2.03 bits per heavy atom. The van der Waals surface area contributed by atoms with E-state index in [1.54, 1.807) is 21.6 Å². The molecule has 0 radical (unpaired) electrons. The van der Waals surface area contributed by atoms with Gasteiger partial charge in [0, 0.05) is 30.0 Å². The molecular weight excluding hydrogens is 382 g/mol. The predicted molar refractivity (Wildman–Crippen MR) is 109 cm³/mol. The molecule has 0 bridgehead atoms. The number of aryl methyl sites for hydroxylation is 2. The van der Waals surface area contributed by atoms with Gasteiger partial charge in [0.2, 0.25) is 5.91 Å². The lowest BCUT2D eigenvalue weighted by atomic mass is 10.3. The lowest BCUT2D eigenvalue weighted by Gasteiger charge is -2.00. The van der Waals surface area contributed by atoms with Crippen LogP contribution in [-0.2, 0) is 17.8 Å². The first-order valence-corrected chi connectivity index (χ1v) is 9.48. The summed E-state index contributed by atoms with van der Waals surface area (Å²) in [5.74, 6) is 0.703. The molecule has 0 fully saturated rings. The summed E-state index contributed by atoms with van der Waals surface area (Å²) in [7, 11) is 0. The van der Waals surface area contributed by atoms with Gasteiger partial charge in [0.05, 0.1) is 30.5 Å². The molecule has 0 saturated carbocycles. The number of hydrogen-bond donors (Lipinski definition) is 1. The van der Waals surface area contributed by atoms with Gasteiger partial charge in [-0.25, -0.2) is 14.5 Å². The van der Waals surface area contributed by atoms with Crippen LogP contribution in [0.4, 0.5) is 5.69 Å². The third-order valence-electron chi connectivity index (χ3n) is 4.64. The van der Waals surface area contributed by atoms with Crippen LogP contribution in [-0.4, -0.2) is 44.7 Å². The van der Waals surface area contributed by atoms with Gasteiger partial charge in [-0.2, -0.15) is 10.1 Å². The fraction of sp³-hybridized carbons (Fsp3) is 0.200. The van der Waals surface area contributed by atoms with Crippen LogP contribution in [0.15, 0.2) is 49.1 Å². The summed E-state index contributed by atoms with van der Waals surface area (Å²) in [5, 5.41) is 11.5. The zero-order chi connectivity index (χ0) is 20.7. The number of carbonyl (C=O) groups excluding carboxylic acids is 1. The van der Waals surface area contributed by atoms with Gasteiger partial charge in [-0.05, 0) is 32.0 Å². The molecular formula is C20H19N9O. The minimum atomic E-state index is -0.215. The number of fused-ring (bicyclic) bond motifs is 2. The highest BCUT2D eigenvalue weighted by atomic mass is 16.1. The van der Waals surface area contributed by atoms with Crippen molar-refractivity contribution in [3.05, 3.63) is 72.0 Å². The molecule has 1 amide bonds. The van der Waals surface area contributed by atoms with Gasteiger partial charge in [0.25, 0.3) is 5.78 Å². The average molecular weight is 401 g/mol. The van der Waals surface area contributed by atoms with E-state index in [1.807, 2.05) is 54.9 Å². The molecule has 150 valence electrons. The van der Waals surface area contributed by atoms with Crippen molar-refractivity contribution in [2.24, 2.45) is 0 Å². The second kappa shape index (κ2) is 7.07. The van der Waals surface area contributed by atoms with Gasteiger partial charge in [-0.1, -0.05) is 6.07 Å². The summed E-state index contributed by atoms with van der Waals surface area (Å²) in [6, 6.07) is 7.77. The van der Waals surface area contributed by atoms with Crippen molar-refractivity contribution in [2.45, 2.75) is 26.8 Å². The van der Waals surface area contributed by atoms with Crippen molar-refractivity contribution in [1.29, 1.82) is 0 Å². The number of pyridine rings is 1. The maximum absolute atomic E-state index is 12.4. The Bertz CT molecular complexity index is 1340. The lowest BCUT2D eigenvalue weighted by molar-refractivity contribution is -0.115. The van der Waals surface area contributed by atoms with Crippen LogP contribution in [0.25, 0.3) is 11.4 Å². The van der Waals surface area contributed by atoms with Crippen LogP contribution < -0.4 is 5.32 Å². The quantitative estimate of drug-likeness (QED) is 0.481. The van der Waals surface area contributed by atoms with E-state index in [2.05, 4.69) is 30.5 Å². The first-order valence-electron chi connectivity index (χ1n) is 9.48. The zero-order valence-corrected chi connectivity index (χ0v) is 16.5. The molecule has 5 rings (SSSR count). The Morgan fingerprint density at radius 3 is 2.90 bits per heavy atom. The van der Waals surface area contributed by atoms with E-state index >= 15 is 0 Å². The molecule has 0 saturated heterocycles. The number of carbonyl (C=O) groups is 1. The summed E-state index contributed by atoms with van der Waals surface area (Å²) < 4.78 is 5.33. The maximum Gasteiger partial charge on any atom is 0.252 e. The summed E-state index contributed by atoms with van der Waals surface area (Å²) in [6.07, 6.45) is 7.35. The molecule has 0 unspecified atom stereocenters. The van der Waals surface area contributed by atoms with E-state index in [4.69, 9.17) is 0 Å². The molecule has 0 spiro atoms. The Kier molecular flexibility index (Phi) is 4.24. The van der Waals surface area contributed by atoms with E-state index in [1.165, 1.54) is 0 Å². The lowest BCUT2D eigenvalue weighted by Crippen LogP contribution is -2.15. The minimum absolute atomic E-state index is 0.0550. The van der Waals surface area contributed by atoms with Gasteiger partial charge in [0.15, 0.2) is 5.82 Å². The number of nitrogens with zero attached hydrogens (tertiary/aromatic N) is 8. The monoisotopic (exact) mass is 401 g/mol. The van der Waals surface area contributed by atoms with E-state index in [-0.39, 0.29) is 12.3 Å². The van der Waals surface area contributed by atoms with Crippen LogP contribution in [0, 0.1) is 13.8 Å². The van der Waals surface area contributed by atoms with Crippen molar-refractivity contribution in [2.75, 3.05) is 5.32 Å². The number of imidazole rings is 1. The summed E-state index contributed by atoms with van der Waals surface area (Å²) in [5.41, 5.74) is 4.16. The van der Waals surface area contributed by atoms with E-state index in [9.17, 15) is 4.79 Å². The molecule has 5 heterocycles. The largest absolute Gasteiger partial charge is 0.323 e. The highest BCUT2D eigenvalue weighted by Crippen LogP contribution is 2.11. The molecule has 1 N–H and O–H groups in total. The number of aromatic nitrogens is 8. The fourth-order valence-corrected chi connectivity index (χ4v) is 3.38. The first kappa shape index (κ1) is 18.0. The third-order valence-corrected chi connectivity index (χ3v) is 4.64.